The van der Waals surface area contributed by atoms with Crippen LogP contribution in [0.1, 0.15) is 72.9 Å². The van der Waals surface area contributed by atoms with Gasteiger partial charge >= 0.3 is 36.7 Å². The maximum Gasteiger partial charge on any atom is 0.440 e. The Bertz CT molecular complexity index is 2150. The molecule has 2 atom stereocenters. The number of unbranched alkanes of at least 4 members (excludes halogenated alkanes) is 2. The van der Waals surface area contributed by atoms with Gasteiger partial charge in [-0.3, -0.25) is 4.99 Å². The van der Waals surface area contributed by atoms with E-state index in [4.69, 9.17) is 0 Å². The van der Waals surface area contributed by atoms with E-state index in [0.717, 1.165) is 31.2 Å². The van der Waals surface area contributed by atoms with Gasteiger partial charge in [0.05, 0.1) is 53.4 Å². The molecule has 0 saturated heterocycles. The third-order valence-corrected chi connectivity index (χ3v) is 9.98. The minimum absolute atomic E-state index is 0.0495. The Morgan fingerprint density at radius 3 is 1.48 bits per heavy atom. The summed E-state index contributed by atoms with van der Waals surface area (Å²) in [6.45, 7) is 4.97. The molecule has 0 saturated carbocycles. The molecule has 4 rings (SSSR count). The van der Waals surface area contributed by atoms with Crippen molar-refractivity contribution in [2.75, 3.05) is 36.8 Å². The molecule has 0 aliphatic heterocycles. The molecule has 0 fully saturated rings. The van der Waals surface area contributed by atoms with Gasteiger partial charge in [0, 0.05) is 11.4 Å². The van der Waals surface area contributed by atoms with E-state index in [0.29, 0.717) is 48.9 Å². The van der Waals surface area contributed by atoms with Gasteiger partial charge in [-0.15, -0.1) is 0 Å². The lowest BCUT2D eigenvalue weighted by atomic mass is 10.1. The number of halogens is 12. The van der Waals surface area contributed by atoms with Crippen molar-refractivity contribution in [1.29, 1.82) is 0 Å². The number of alkyl halides is 12. The molecule has 4 aromatic rings. The molecule has 0 spiro atoms. The number of benzene rings is 4. The zero-order chi connectivity index (χ0) is 48.7. The Balaban J connectivity index is 1.67. The summed E-state index contributed by atoms with van der Waals surface area (Å²) in [5.74, 6) is 0.506. The largest absolute Gasteiger partial charge is 0.846 e. The van der Waals surface area contributed by atoms with E-state index >= 15 is 0 Å². The van der Waals surface area contributed by atoms with Crippen molar-refractivity contribution >= 4 is 29.4 Å². The normalized spacial score (nSPS) is 13.5. The Morgan fingerprint density at radius 2 is 1.06 bits per heavy atom. The van der Waals surface area contributed by atoms with Crippen LogP contribution >= 0.6 is 0 Å². The first-order chi connectivity index (χ1) is 30.9. The lowest BCUT2D eigenvalue weighted by Crippen LogP contribution is -2.95. The highest BCUT2D eigenvalue weighted by molar-refractivity contribution is 5.90. The summed E-state index contributed by atoms with van der Waals surface area (Å²) in [6, 6.07) is 14.7. The quantitative estimate of drug-likeness (QED) is 0.0296. The maximum absolute atomic E-state index is 13.6. The minimum atomic E-state index is -5.16. The Hall–Kier alpha value is -5.99. The molecule has 0 unspecified atom stereocenters. The number of anilines is 2. The van der Waals surface area contributed by atoms with Crippen LogP contribution in [0.3, 0.4) is 0 Å². The fourth-order valence-corrected chi connectivity index (χ4v) is 6.71. The highest BCUT2D eigenvalue weighted by Gasteiger charge is 2.38. The van der Waals surface area contributed by atoms with E-state index in [9.17, 15) is 62.6 Å². The van der Waals surface area contributed by atoms with Gasteiger partial charge in [-0.2, -0.15) is 52.7 Å². The standard InChI is InChI=1S/C45H49F12N7O2/c1-3-5-17-64(18-6-4-2)39(58-27-37(19-29-13-9-7-10-14-29)62-40(65)60-35-23-31(42(46,47)48)21-32(24-35)43(49,50)51)59-28-38(20-30-15-11-8-12-16-30)63-41(66)61-36-25-33(44(52,53)54)22-34(26-36)45(55,56)57/h7-16,21-26,37-38H,3-6,17-20,27-28H2,1-2H3,(H5,58,59,60,61,62,63,65,66)/p+1/t37-,38-/m0/s1. The van der Waals surface area contributed by atoms with Crippen LogP contribution in [0, 0.1) is 0 Å². The van der Waals surface area contributed by atoms with Crippen LogP contribution in [0.2, 0.25) is 0 Å². The molecule has 0 aromatic heterocycles. The average Bonchev–Trinajstić information content (AvgIpc) is 3.23. The Labute approximate surface area is 373 Å². The number of amidine groups is 1. The predicted molar refractivity (Wildman–Crippen MR) is 224 cm³/mol. The third-order valence-electron chi connectivity index (χ3n) is 9.98. The number of amides is 2. The van der Waals surface area contributed by atoms with E-state index < -0.39 is 82.5 Å². The van der Waals surface area contributed by atoms with Crippen LogP contribution in [-0.2, 0) is 37.5 Å². The van der Waals surface area contributed by atoms with Gasteiger partial charge in [0.25, 0.3) is 0 Å². The first kappa shape index (κ1) is 52.6. The molecule has 360 valence electrons. The molecule has 9 nitrogen and oxygen atoms in total. The Kier molecular flexibility index (Phi) is 18.7. The molecule has 0 aliphatic rings. The monoisotopic (exact) mass is 948 g/mol. The van der Waals surface area contributed by atoms with E-state index in [-0.39, 0.29) is 38.1 Å². The van der Waals surface area contributed by atoms with Crippen LogP contribution in [0.15, 0.2) is 102 Å². The molecule has 2 amide bonds. The van der Waals surface area contributed by atoms with Gasteiger partial charge < -0.3 is 21.1 Å². The number of nitrogens with zero attached hydrogens (tertiary/aromatic N) is 2. The fraction of sp³-hybridized carbons (Fsp3) is 0.400. The highest BCUT2D eigenvalue weighted by Crippen LogP contribution is 2.39. The number of hydrogen-bond donors (Lipinski definition) is 5. The van der Waals surface area contributed by atoms with Crippen LogP contribution < -0.4 is 31.7 Å². The topological polar surface area (TPSA) is 120 Å². The number of aliphatic imine (C=N–C) groups is 1. The first-order valence-corrected chi connectivity index (χ1v) is 20.9. The molecule has 66 heavy (non-hydrogen) atoms. The minimum Gasteiger partial charge on any atom is -0.846 e. The van der Waals surface area contributed by atoms with Crippen LogP contribution in [0.5, 0.6) is 0 Å². The molecule has 0 heterocycles. The van der Waals surface area contributed by atoms with Crippen molar-refractivity contribution in [3.05, 3.63) is 130 Å². The average molecular weight is 949 g/mol. The summed E-state index contributed by atoms with van der Waals surface area (Å²) in [5.41, 5.74) is -6.60. The lowest BCUT2D eigenvalue weighted by Gasteiger charge is -2.21. The van der Waals surface area contributed by atoms with Crippen LogP contribution in [0.25, 0.3) is 0 Å². The first-order valence-electron chi connectivity index (χ1n) is 20.9. The van der Waals surface area contributed by atoms with Crippen LogP contribution in [-0.4, -0.2) is 60.9 Å². The summed E-state index contributed by atoms with van der Waals surface area (Å²) in [7, 11) is 0. The maximum atomic E-state index is 13.6. The lowest BCUT2D eigenvalue weighted by molar-refractivity contribution is -0.642. The third kappa shape index (κ3) is 17.4. The summed E-state index contributed by atoms with van der Waals surface area (Å²) in [4.78, 5) is 17.5. The molecule has 6 N–H and O–H groups in total. The van der Waals surface area contributed by atoms with Crippen molar-refractivity contribution in [2.24, 2.45) is 4.99 Å². The van der Waals surface area contributed by atoms with Gasteiger partial charge in [-0.1, -0.05) is 87.4 Å². The molecule has 4 aromatic carbocycles. The SMILES string of the molecule is CCCC[N+](CCCC)=C(NC[C@H](Cc1ccccc1)N=C([O-])Nc1cc(C(F)(F)F)cc(C(F)(F)F)c1)[NH2+]C[C@H](Cc1ccccc1)NC(=O)Nc1cc(C(F)(F)F)cc(C(F)(F)F)c1. The number of nitrogens with one attached hydrogen (secondary N) is 4. The molecule has 0 aliphatic carbocycles. The second-order valence-corrected chi connectivity index (χ2v) is 15.4. The van der Waals surface area contributed by atoms with E-state index in [2.05, 4.69) is 26.3 Å². The van der Waals surface area contributed by atoms with Gasteiger partial charge in [0.2, 0.25) is 0 Å². The second-order valence-electron chi connectivity index (χ2n) is 15.4. The molecule has 0 radical (unpaired) electrons. The number of hydrogen-bond acceptors (Lipinski definition) is 3. The zero-order valence-electron chi connectivity index (χ0n) is 35.8. The van der Waals surface area contributed by atoms with Crippen LogP contribution in [0.4, 0.5) is 68.9 Å². The predicted octanol–water partition coefficient (Wildman–Crippen LogP) is 9.06. The number of carbonyl (C=O) groups excluding carboxylic acids is 1. The summed E-state index contributed by atoms with van der Waals surface area (Å²) >= 11 is 0. The number of quaternary nitrogens is 1. The molecule has 0 bridgehead atoms. The second kappa shape index (κ2) is 23.5. The van der Waals surface area contributed by atoms with E-state index in [1.807, 2.05) is 18.4 Å². The van der Waals surface area contributed by atoms with Crippen molar-refractivity contribution in [3.8, 4) is 0 Å². The van der Waals surface area contributed by atoms with E-state index in [1.54, 1.807) is 66.0 Å². The molecular weight excluding hydrogens is 899 g/mol. The molecule has 21 heteroatoms. The number of urea groups is 1. The summed E-state index contributed by atoms with van der Waals surface area (Å²) in [6.07, 6.45) is -17.3. The fourth-order valence-electron chi connectivity index (χ4n) is 6.71. The number of nitrogens with two attached hydrogens (primary N) is 1. The van der Waals surface area contributed by atoms with Gasteiger partial charge in [-0.25, -0.2) is 20.0 Å². The highest BCUT2D eigenvalue weighted by atomic mass is 19.4. The zero-order valence-corrected chi connectivity index (χ0v) is 35.8. The van der Waals surface area contributed by atoms with Crippen molar-refractivity contribution in [1.82, 2.24) is 10.6 Å². The smallest absolute Gasteiger partial charge is 0.440 e. The van der Waals surface area contributed by atoms with E-state index in [1.165, 1.54) is 0 Å². The van der Waals surface area contributed by atoms with Crippen molar-refractivity contribution in [2.45, 2.75) is 89.2 Å². The van der Waals surface area contributed by atoms with Crippen molar-refractivity contribution < 1.29 is 72.5 Å². The van der Waals surface area contributed by atoms with Gasteiger partial charge in [-0.05, 0) is 73.2 Å². The number of guanidine groups is 1. The Morgan fingerprint density at radius 1 is 0.636 bits per heavy atom. The number of carbonyl (C=O) groups is 1. The molecular formula is C45H50F12N7O2+. The number of rotatable bonds is 18. The summed E-state index contributed by atoms with van der Waals surface area (Å²) in [5, 5.41) is 25.2. The van der Waals surface area contributed by atoms with Gasteiger partial charge in [0.1, 0.15) is 13.1 Å². The van der Waals surface area contributed by atoms with Gasteiger partial charge in [0.15, 0.2) is 0 Å². The van der Waals surface area contributed by atoms with Crippen molar-refractivity contribution in [3.63, 3.8) is 0 Å². The summed E-state index contributed by atoms with van der Waals surface area (Å²) < 4.78 is 165.